The zero-order valence-corrected chi connectivity index (χ0v) is 20.7. The molecule has 1 aliphatic heterocycles. The number of Topliss-reactive ketones (excluding diaryl/α,β-unsaturated/α-hetero) is 2. The van der Waals surface area contributed by atoms with Gasteiger partial charge in [-0.05, 0) is 30.7 Å². The topological polar surface area (TPSA) is 149 Å². The molecule has 11 heteroatoms. The lowest BCUT2D eigenvalue weighted by Gasteiger charge is -2.34. The maximum atomic E-state index is 13.7. The van der Waals surface area contributed by atoms with Crippen molar-refractivity contribution in [3.63, 3.8) is 0 Å². The van der Waals surface area contributed by atoms with Crippen molar-refractivity contribution in [3.8, 4) is 23.0 Å². The molecule has 1 aliphatic rings. The first-order valence-electron chi connectivity index (χ1n) is 11.1. The molecule has 11 nitrogen and oxygen atoms in total. The molecule has 1 heterocycles. The van der Waals surface area contributed by atoms with Crippen LogP contribution in [0.4, 0.5) is 0 Å². The van der Waals surface area contributed by atoms with Gasteiger partial charge in [-0.15, -0.1) is 0 Å². The highest BCUT2D eigenvalue weighted by molar-refractivity contribution is 6.06. The molecule has 0 spiro atoms. The van der Waals surface area contributed by atoms with E-state index in [-0.39, 0.29) is 51.9 Å². The molecule has 0 bridgehead atoms. The average molecular weight is 512 g/mol. The lowest BCUT2D eigenvalue weighted by Crippen LogP contribution is -2.40. The Morgan fingerprint density at radius 1 is 0.784 bits per heavy atom. The SMILES string of the molecule is CC(=O)Cc1cc(OC(C)=O)cc2c1C(=O)[C@@H](OC(C)=O)[C@H](c1ccc(OC(C)=O)cc1OC(C)=O)O2. The number of carbonyl (C=O) groups excluding carboxylic acids is 6. The van der Waals surface area contributed by atoms with Crippen LogP contribution in [0.1, 0.15) is 62.2 Å². The minimum Gasteiger partial charge on any atom is -0.480 e. The molecule has 2 aromatic rings. The lowest BCUT2D eigenvalue weighted by molar-refractivity contribution is -0.149. The summed E-state index contributed by atoms with van der Waals surface area (Å²) in [6.45, 7) is 5.95. The van der Waals surface area contributed by atoms with Crippen LogP contribution in [0.2, 0.25) is 0 Å². The van der Waals surface area contributed by atoms with Crippen molar-refractivity contribution in [1.82, 2.24) is 0 Å². The van der Waals surface area contributed by atoms with Crippen molar-refractivity contribution in [2.45, 2.75) is 53.2 Å². The predicted molar refractivity (Wildman–Crippen MR) is 124 cm³/mol. The molecule has 0 saturated carbocycles. The molecule has 0 aliphatic carbocycles. The molecule has 2 aromatic carbocycles. The fraction of sp³-hybridized carbons (Fsp3) is 0.308. The van der Waals surface area contributed by atoms with Crippen molar-refractivity contribution in [3.05, 3.63) is 47.0 Å². The first-order chi connectivity index (χ1) is 17.3. The van der Waals surface area contributed by atoms with Crippen LogP contribution in [0.15, 0.2) is 30.3 Å². The Hall–Kier alpha value is -4.54. The van der Waals surface area contributed by atoms with E-state index in [1.54, 1.807) is 0 Å². The van der Waals surface area contributed by atoms with Gasteiger partial charge in [0, 0.05) is 51.8 Å². The van der Waals surface area contributed by atoms with Gasteiger partial charge in [-0.2, -0.15) is 0 Å². The minimum absolute atomic E-state index is 0.0147. The third-order valence-corrected chi connectivity index (χ3v) is 4.99. The predicted octanol–water partition coefficient (Wildman–Crippen LogP) is 2.84. The van der Waals surface area contributed by atoms with Gasteiger partial charge < -0.3 is 23.7 Å². The molecule has 37 heavy (non-hydrogen) atoms. The van der Waals surface area contributed by atoms with E-state index in [0.717, 1.165) is 13.8 Å². The summed E-state index contributed by atoms with van der Waals surface area (Å²) in [5, 5.41) is 0. The van der Waals surface area contributed by atoms with E-state index in [0.29, 0.717) is 0 Å². The van der Waals surface area contributed by atoms with Crippen LogP contribution in [0, 0.1) is 0 Å². The fourth-order valence-corrected chi connectivity index (χ4v) is 3.87. The number of esters is 4. The number of ether oxygens (including phenoxy) is 5. The molecule has 0 saturated heterocycles. The molecule has 0 radical (unpaired) electrons. The first-order valence-corrected chi connectivity index (χ1v) is 11.1. The molecule has 0 amide bonds. The van der Waals surface area contributed by atoms with Gasteiger partial charge in [0.2, 0.25) is 11.9 Å². The zero-order chi connectivity index (χ0) is 27.4. The van der Waals surface area contributed by atoms with Gasteiger partial charge in [-0.3, -0.25) is 28.8 Å². The molecular formula is C26H24O11. The molecule has 0 fully saturated rings. The van der Waals surface area contributed by atoms with Crippen molar-refractivity contribution in [1.29, 1.82) is 0 Å². The van der Waals surface area contributed by atoms with Crippen LogP contribution in [-0.2, 0) is 35.1 Å². The maximum Gasteiger partial charge on any atom is 0.308 e. The van der Waals surface area contributed by atoms with Crippen LogP contribution in [0.3, 0.4) is 0 Å². The minimum atomic E-state index is -1.52. The Bertz CT molecular complexity index is 1310. The smallest absolute Gasteiger partial charge is 0.308 e. The van der Waals surface area contributed by atoms with Gasteiger partial charge in [-0.1, -0.05) is 0 Å². The Balaban J connectivity index is 2.21. The fourth-order valence-electron chi connectivity index (χ4n) is 3.87. The Morgan fingerprint density at radius 3 is 1.97 bits per heavy atom. The summed E-state index contributed by atoms with van der Waals surface area (Å²) >= 11 is 0. The van der Waals surface area contributed by atoms with Crippen LogP contribution in [-0.4, -0.2) is 41.5 Å². The van der Waals surface area contributed by atoms with Gasteiger partial charge in [0.15, 0.2) is 6.10 Å². The van der Waals surface area contributed by atoms with Gasteiger partial charge in [0.1, 0.15) is 28.8 Å². The molecular weight excluding hydrogens is 488 g/mol. The molecule has 194 valence electrons. The molecule has 2 atom stereocenters. The van der Waals surface area contributed by atoms with Gasteiger partial charge in [0.25, 0.3) is 0 Å². The van der Waals surface area contributed by atoms with Gasteiger partial charge in [-0.25, -0.2) is 0 Å². The second-order valence-corrected chi connectivity index (χ2v) is 8.25. The summed E-state index contributed by atoms with van der Waals surface area (Å²) in [6, 6.07) is 6.69. The van der Waals surface area contributed by atoms with Crippen molar-refractivity contribution >= 4 is 35.4 Å². The summed E-state index contributed by atoms with van der Waals surface area (Å²) in [4.78, 5) is 72.2. The van der Waals surface area contributed by atoms with E-state index in [1.165, 1.54) is 51.1 Å². The van der Waals surface area contributed by atoms with Gasteiger partial charge >= 0.3 is 23.9 Å². The summed E-state index contributed by atoms with van der Waals surface area (Å²) in [5.41, 5.74) is 0.328. The van der Waals surface area contributed by atoms with E-state index in [4.69, 9.17) is 23.7 Å². The highest BCUT2D eigenvalue weighted by Gasteiger charge is 2.44. The van der Waals surface area contributed by atoms with E-state index in [9.17, 15) is 28.8 Å². The summed E-state index contributed by atoms with van der Waals surface area (Å²) in [5.74, 6) is -3.76. The van der Waals surface area contributed by atoms with E-state index in [1.807, 2.05) is 0 Å². The lowest BCUT2D eigenvalue weighted by atomic mass is 9.88. The largest absolute Gasteiger partial charge is 0.480 e. The number of fused-ring (bicyclic) bond motifs is 1. The standard InChI is InChI=1S/C26H24O11/c1-12(27)8-17-9-19(34-14(3)29)11-22-23(17)24(32)26(36-16(5)31)25(37-22)20-7-6-18(33-13(2)28)10-21(20)35-15(4)30/h6-7,9-11,25-26H,8H2,1-5H3/t25-,26+/m0/s1. The van der Waals surface area contributed by atoms with Crippen LogP contribution in [0.5, 0.6) is 23.0 Å². The number of benzene rings is 2. The van der Waals surface area contributed by atoms with E-state index in [2.05, 4.69) is 0 Å². The van der Waals surface area contributed by atoms with Crippen LogP contribution < -0.4 is 18.9 Å². The molecule has 0 unspecified atom stereocenters. The highest BCUT2D eigenvalue weighted by atomic mass is 16.6. The van der Waals surface area contributed by atoms with Crippen molar-refractivity contribution in [2.75, 3.05) is 0 Å². The van der Waals surface area contributed by atoms with Crippen molar-refractivity contribution in [2.24, 2.45) is 0 Å². The Morgan fingerprint density at radius 2 is 1.41 bits per heavy atom. The van der Waals surface area contributed by atoms with E-state index >= 15 is 0 Å². The number of hydrogen-bond acceptors (Lipinski definition) is 11. The first kappa shape index (κ1) is 27.1. The number of hydrogen-bond donors (Lipinski definition) is 0. The van der Waals surface area contributed by atoms with Crippen molar-refractivity contribution < 1.29 is 52.5 Å². The monoisotopic (exact) mass is 512 g/mol. The normalized spacial score (nSPS) is 16.1. The van der Waals surface area contributed by atoms with Crippen LogP contribution >= 0.6 is 0 Å². The quantitative estimate of drug-likeness (QED) is 0.398. The molecule has 0 aromatic heterocycles. The zero-order valence-electron chi connectivity index (χ0n) is 20.7. The number of ketones is 2. The summed E-state index contributed by atoms with van der Waals surface area (Å²) in [7, 11) is 0. The molecule has 0 N–H and O–H groups in total. The van der Waals surface area contributed by atoms with Crippen LogP contribution in [0.25, 0.3) is 0 Å². The third kappa shape index (κ3) is 6.57. The second kappa shape index (κ2) is 11.0. The second-order valence-electron chi connectivity index (χ2n) is 8.25. The third-order valence-electron chi connectivity index (χ3n) is 4.99. The average Bonchev–Trinajstić information content (AvgIpc) is 2.73. The van der Waals surface area contributed by atoms with Gasteiger partial charge in [0.05, 0.1) is 5.56 Å². The number of carbonyl (C=O) groups is 6. The summed E-state index contributed by atoms with van der Waals surface area (Å²) in [6.07, 6.45) is -3.02. The number of rotatable bonds is 7. The highest BCUT2D eigenvalue weighted by Crippen LogP contribution is 2.44. The Labute approximate surface area is 211 Å². The Kier molecular flexibility index (Phi) is 8.06. The maximum absolute atomic E-state index is 13.7. The molecule has 3 rings (SSSR count). The van der Waals surface area contributed by atoms with E-state index < -0.39 is 41.9 Å². The summed E-state index contributed by atoms with van der Waals surface area (Å²) < 4.78 is 26.9.